The van der Waals surface area contributed by atoms with E-state index in [1.165, 1.54) is 11.0 Å². The number of nitrogens with two attached hydrogens (primary N) is 1. The molecule has 2 fully saturated rings. The molecule has 5 rings (SSSR count). The van der Waals surface area contributed by atoms with Crippen molar-refractivity contribution in [2.24, 2.45) is 29.4 Å². The van der Waals surface area contributed by atoms with Gasteiger partial charge in [-0.05, 0) is 63.0 Å². The Labute approximate surface area is 224 Å². The van der Waals surface area contributed by atoms with Crippen LogP contribution in [0.1, 0.15) is 29.3 Å². The van der Waals surface area contributed by atoms with Crippen LogP contribution in [-0.2, 0) is 25.6 Å². The second kappa shape index (κ2) is 9.39. The van der Waals surface area contributed by atoms with Crippen molar-refractivity contribution in [3.05, 3.63) is 47.5 Å². The van der Waals surface area contributed by atoms with Gasteiger partial charge in [-0.3, -0.25) is 28.9 Å². The summed E-state index contributed by atoms with van der Waals surface area (Å²) in [7, 11) is 3.10. The summed E-state index contributed by atoms with van der Waals surface area (Å²) in [6.45, 7) is 2.26. The zero-order valence-electron chi connectivity index (χ0n) is 21.8. The second-order valence-corrected chi connectivity index (χ2v) is 10.7. The van der Waals surface area contributed by atoms with Gasteiger partial charge in [0.25, 0.3) is 0 Å². The fourth-order valence-electron chi connectivity index (χ4n) is 6.83. The van der Waals surface area contributed by atoms with Crippen LogP contribution in [0.3, 0.4) is 0 Å². The molecule has 3 aliphatic carbocycles. The van der Waals surface area contributed by atoms with Crippen molar-refractivity contribution in [3.63, 3.8) is 0 Å². The fraction of sp³-hybridized carbons (Fsp3) is 0.414. The van der Waals surface area contributed by atoms with Gasteiger partial charge in [0.2, 0.25) is 5.91 Å². The number of rotatable bonds is 5. The lowest BCUT2D eigenvalue weighted by Gasteiger charge is -2.52. The van der Waals surface area contributed by atoms with Crippen molar-refractivity contribution >= 4 is 29.0 Å². The molecule has 0 bridgehead atoms. The van der Waals surface area contributed by atoms with Crippen LogP contribution in [-0.4, -0.2) is 76.5 Å². The number of benzene rings is 2. The van der Waals surface area contributed by atoms with E-state index in [-0.39, 0.29) is 24.2 Å². The van der Waals surface area contributed by atoms with Crippen LogP contribution in [0, 0.1) is 23.7 Å². The highest BCUT2D eigenvalue weighted by atomic mass is 16.5. The summed E-state index contributed by atoms with van der Waals surface area (Å²) >= 11 is 0. The van der Waals surface area contributed by atoms with Crippen LogP contribution in [0.2, 0.25) is 0 Å². The minimum atomic E-state index is -2.74. The number of hydrogen-bond donors (Lipinski definition) is 3. The summed E-state index contributed by atoms with van der Waals surface area (Å²) in [5, 5.41) is 22.4. The maximum absolute atomic E-state index is 13.9. The number of ketones is 4. The molecular weight excluding hydrogens is 504 g/mol. The molecule has 2 saturated carbocycles. The van der Waals surface area contributed by atoms with E-state index in [0.29, 0.717) is 29.0 Å². The zero-order chi connectivity index (χ0) is 28.4. The maximum atomic E-state index is 13.9. The van der Waals surface area contributed by atoms with E-state index in [0.717, 1.165) is 0 Å². The van der Waals surface area contributed by atoms with Gasteiger partial charge < -0.3 is 20.7 Å². The van der Waals surface area contributed by atoms with E-state index in [1.807, 2.05) is 25.1 Å². The summed E-state index contributed by atoms with van der Waals surface area (Å²) in [5.41, 5.74) is 4.44. The van der Waals surface area contributed by atoms with Gasteiger partial charge in [-0.25, -0.2) is 0 Å². The maximum Gasteiger partial charge on any atom is 0.235 e. The first kappa shape index (κ1) is 26.7. The highest BCUT2D eigenvalue weighted by Gasteiger charge is 2.69. The van der Waals surface area contributed by atoms with Crippen molar-refractivity contribution in [1.29, 1.82) is 0 Å². The van der Waals surface area contributed by atoms with Crippen molar-refractivity contribution in [2.45, 2.75) is 31.4 Å². The summed E-state index contributed by atoms with van der Waals surface area (Å²) in [5.74, 6) is -10.1. The van der Waals surface area contributed by atoms with Gasteiger partial charge in [0.15, 0.2) is 34.7 Å². The topological polar surface area (TPSA) is 164 Å². The normalized spacial score (nSPS) is 30.0. The molecule has 10 heteroatoms. The Morgan fingerprint density at radius 3 is 2.41 bits per heavy atom. The van der Waals surface area contributed by atoms with Gasteiger partial charge >= 0.3 is 0 Å². The van der Waals surface area contributed by atoms with Gasteiger partial charge in [-0.15, -0.1) is 0 Å². The summed E-state index contributed by atoms with van der Waals surface area (Å²) in [6.07, 6.45) is 0.169. The number of carbonyl (C=O) groups excluding carboxylic acids is 5. The third-order valence-electron chi connectivity index (χ3n) is 8.42. The number of phenols is 1. The Kier molecular flexibility index (Phi) is 6.43. The van der Waals surface area contributed by atoms with Crippen LogP contribution in [0.25, 0.3) is 11.1 Å². The standard InChI is InChI=1S/C29H30N2O8/c1-4-39-19-8-6-5-7-15(19)14-9-10-18(32)21-16(14)11-13-12-17-23(31(2)3)25(34)22(28(30)37)27(36)29(17,38)26(35)20(13)24(21)33/h5-10,13,17,20,22-23,32,38H,4,11-12H2,1-3H3,(H2,30,37)/t13-,17-,20?,22?,23-,29-/m1/s1. The van der Waals surface area contributed by atoms with Gasteiger partial charge in [0.05, 0.1) is 24.1 Å². The molecule has 3 aliphatic rings. The van der Waals surface area contributed by atoms with Crippen molar-refractivity contribution in [3.8, 4) is 22.6 Å². The number of amides is 1. The van der Waals surface area contributed by atoms with Crippen molar-refractivity contribution in [2.75, 3.05) is 20.7 Å². The molecule has 1 amide bonds. The molecule has 0 heterocycles. The number of hydrogen-bond acceptors (Lipinski definition) is 9. The van der Waals surface area contributed by atoms with Crippen molar-refractivity contribution < 1.29 is 38.9 Å². The molecule has 0 aliphatic heterocycles. The van der Waals surface area contributed by atoms with E-state index in [9.17, 15) is 34.2 Å². The number of primary amides is 1. The average Bonchev–Trinajstić information content (AvgIpc) is 2.87. The molecule has 6 atom stereocenters. The summed E-state index contributed by atoms with van der Waals surface area (Å²) in [6, 6.07) is 9.19. The van der Waals surface area contributed by atoms with Gasteiger partial charge in [0, 0.05) is 11.5 Å². The number of carbonyl (C=O) groups is 5. The Balaban J connectivity index is 1.66. The molecule has 39 heavy (non-hydrogen) atoms. The molecule has 4 N–H and O–H groups in total. The number of phenolic OH excluding ortho intramolecular Hbond substituents is 1. The lowest BCUT2D eigenvalue weighted by Crippen LogP contribution is -2.74. The van der Waals surface area contributed by atoms with E-state index in [4.69, 9.17) is 10.5 Å². The van der Waals surface area contributed by atoms with E-state index >= 15 is 0 Å². The smallest absolute Gasteiger partial charge is 0.235 e. The van der Waals surface area contributed by atoms with Gasteiger partial charge in [-0.1, -0.05) is 24.3 Å². The molecule has 2 aromatic rings. The quantitative estimate of drug-likeness (QED) is 0.473. The first-order valence-electron chi connectivity index (χ1n) is 12.9. The van der Waals surface area contributed by atoms with Crippen LogP contribution in [0.15, 0.2) is 36.4 Å². The second-order valence-electron chi connectivity index (χ2n) is 10.7. The molecule has 0 aromatic heterocycles. The first-order valence-corrected chi connectivity index (χ1v) is 12.9. The monoisotopic (exact) mass is 534 g/mol. The molecule has 204 valence electrons. The van der Waals surface area contributed by atoms with Crippen LogP contribution < -0.4 is 10.5 Å². The molecule has 0 saturated heterocycles. The zero-order valence-corrected chi connectivity index (χ0v) is 21.8. The highest BCUT2D eigenvalue weighted by Crippen LogP contribution is 2.52. The summed E-state index contributed by atoms with van der Waals surface area (Å²) < 4.78 is 5.79. The Morgan fingerprint density at radius 2 is 1.77 bits per heavy atom. The first-order chi connectivity index (χ1) is 18.4. The molecular formula is C29H30N2O8. The molecule has 2 aromatic carbocycles. The fourth-order valence-corrected chi connectivity index (χ4v) is 6.83. The van der Waals surface area contributed by atoms with Crippen LogP contribution in [0.4, 0.5) is 0 Å². The largest absolute Gasteiger partial charge is 0.507 e. The number of Topliss-reactive ketones (excluding diaryl/α,β-unsaturated/α-hetero) is 4. The third kappa shape index (κ3) is 3.73. The third-order valence-corrected chi connectivity index (χ3v) is 8.42. The minimum Gasteiger partial charge on any atom is -0.507 e. The average molecular weight is 535 g/mol. The molecule has 0 spiro atoms. The van der Waals surface area contributed by atoms with Crippen molar-refractivity contribution in [1.82, 2.24) is 4.90 Å². The SMILES string of the molecule is CCOc1ccccc1-c1ccc(O)c2c1C[C@@H]1C[C@@H]3[C@@H](N(C)C)C(=O)C(C(N)=O)C(=O)[C@]3(O)C(=O)C1C2=O. The van der Waals surface area contributed by atoms with Crippen LogP contribution in [0.5, 0.6) is 11.5 Å². The number of fused-ring (bicyclic) bond motifs is 3. The lowest BCUT2D eigenvalue weighted by atomic mass is 9.52. The van der Waals surface area contributed by atoms with E-state index in [2.05, 4.69) is 0 Å². The number of ether oxygens (including phenoxy) is 1. The highest BCUT2D eigenvalue weighted by molar-refractivity contribution is 6.32. The number of likely N-dealkylation sites (N-methyl/N-ethyl adjacent to an activating group) is 1. The predicted molar refractivity (Wildman–Crippen MR) is 138 cm³/mol. The predicted octanol–water partition coefficient (Wildman–Crippen LogP) is 0.933. The number of aromatic hydroxyl groups is 1. The molecule has 0 radical (unpaired) electrons. The van der Waals surface area contributed by atoms with Gasteiger partial charge in [0.1, 0.15) is 11.5 Å². The van der Waals surface area contributed by atoms with Gasteiger partial charge in [-0.2, -0.15) is 0 Å². The molecule has 2 unspecified atom stereocenters. The Hall–Kier alpha value is -3.89. The van der Waals surface area contributed by atoms with E-state index < -0.39 is 64.4 Å². The Morgan fingerprint density at radius 1 is 1.08 bits per heavy atom. The Bertz CT molecular complexity index is 1430. The molecule has 10 nitrogen and oxygen atoms in total. The number of nitrogens with zero attached hydrogens (tertiary/aromatic N) is 1. The van der Waals surface area contributed by atoms with Crippen LogP contribution >= 0.6 is 0 Å². The summed E-state index contributed by atoms with van der Waals surface area (Å²) in [4.78, 5) is 68.0. The number of para-hydroxylation sites is 1. The van der Waals surface area contributed by atoms with E-state index in [1.54, 1.807) is 26.2 Å². The lowest BCUT2D eigenvalue weighted by molar-refractivity contribution is -0.181. The minimum absolute atomic E-state index is 0.00784. The number of aliphatic hydroxyl groups is 1.